The van der Waals surface area contributed by atoms with E-state index >= 15 is 0 Å². The maximum atomic E-state index is 11.3. The van der Waals surface area contributed by atoms with E-state index in [1.807, 2.05) is 12.1 Å². The van der Waals surface area contributed by atoms with Crippen molar-refractivity contribution in [3.05, 3.63) is 24.3 Å². The molecule has 1 amide bonds. The number of nitrogens with zero attached hydrogens (tertiary/aromatic N) is 1. The Balaban J connectivity index is 1.97. The maximum absolute atomic E-state index is 11.3. The molecule has 2 rings (SSSR count). The number of methoxy groups -OCH3 is 1. The Morgan fingerprint density at radius 3 is 2.33 bits per heavy atom. The first-order valence-electron chi connectivity index (χ1n) is 4.76. The van der Waals surface area contributed by atoms with Crippen molar-refractivity contribution in [3.8, 4) is 11.5 Å². The molecule has 15 heavy (non-hydrogen) atoms. The number of carbonyl (C=O) groups excluding carboxylic acids is 1. The molecule has 0 N–H and O–H groups in total. The first-order valence-corrected chi connectivity index (χ1v) is 4.76. The Bertz CT molecular complexity index is 361. The lowest BCUT2D eigenvalue weighted by Gasteiger charge is -2.34. The van der Waals surface area contributed by atoms with Gasteiger partial charge in [-0.2, -0.15) is 0 Å². The molecule has 1 aromatic carbocycles. The van der Waals surface area contributed by atoms with Crippen LogP contribution in [0.1, 0.15) is 0 Å². The lowest BCUT2D eigenvalue weighted by molar-refractivity contribution is -0.150. The number of hydrogen-bond donors (Lipinski definition) is 0. The zero-order valence-corrected chi connectivity index (χ0v) is 8.77. The van der Waals surface area contributed by atoms with Gasteiger partial charge in [-0.25, -0.2) is 0 Å². The molecular formula is C11H13NO3. The Labute approximate surface area is 88.4 Å². The fourth-order valence-corrected chi connectivity index (χ4v) is 1.46. The number of hydrogen-bond acceptors (Lipinski definition) is 3. The van der Waals surface area contributed by atoms with Gasteiger partial charge in [0, 0.05) is 7.05 Å². The zero-order valence-electron chi connectivity index (χ0n) is 8.77. The maximum Gasteiger partial charge on any atom is 0.265 e. The lowest BCUT2D eigenvalue weighted by atomic mass is 10.1. The number of benzene rings is 1. The van der Waals surface area contributed by atoms with Crippen LogP contribution in [0.15, 0.2) is 24.3 Å². The molecule has 4 nitrogen and oxygen atoms in total. The minimum atomic E-state index is -0.316. The van der Waals surface area contributed by atoms with Crippen molar-refractivity contribution in [1.82, 2.24) is 4.90 Å². The molecule has 0 aliphatic carbocycles. The summed E-state index contributed by atoms with van der Waals surface area (Å²) in [6.45, 7) is 0.658. The third-order valence-electron chi connectivity index (χ3n) is 2.43. The second kappa shape index (κ2) is 3.81. The number of likely N-dealkylation sites (N-methyl/N-ethyl adjacent to an activating group) is 1. The van der Waals surface area contributed by atoms with Crippen molar-refractivity contribution in [2.45, 2.75) is 6.10 Å². The van der Waals surface area contributed by atoms with Crippen molar-refractivity contribution < 1.29 is 14.3 Å². The van der Waals surface area contributed by atoms with Gasteiger partial charge in [-0.3, -0.25) is 4.79 Å². The Kier molecular flexibility index (Phi) is 2.49. The molecule has 1 unspecified atom stereocenters. The van der Waals surface area contributed by atoms with Gasteiger partial charge < -0.3 is 14.4 Å². The first-order chi connectivity index (χ1) is 7.20. The third-order valence-corrected chi connectivity index (χ3v) is 2.43. The van der Waals surface area contributed by atoms with Gasteiger partial charge in [0.2, 0.25) is 0 Å². The number of rotatable bonds is 3. The van der Waals surface area contributed by atoms with Crippen LogP contribution in [-0.4, -0.2) is 37.6 Å². The molecule has 4 heteroatoms. The minimum absolute atomic E-state index is 0.0332. The van der Waals surface area contributed by atoms with Gasteiger partial charge in [-0.15, -0.1) is 0 Å². The quantitative estimate of drug-likeness (QED) is 0.692. The fraction of sp³-hybridized carbons (Fsp3) is 0.364. The van der Waals surface area contributed by atoms with Gasteiger partial charge in [0.25, 0.3) is 5.91 Å². The van der Waals surface area contributed by atoms with Gasteiger partial charge in [0.05, 0.1) is 13.7 Å². The monoisotopic (exact) mass is 207 g/mol. The fourth-order valence-electron chi connectivity index (χ4n) is 1.46. The summed E-state index contributed by atoms with van der Waals surface area (Å²) < 4.78 is 10.5. The van der Waals surface area contributed by atoms with Crippen molar-refractivity contribution in [2.24, 2.45) is 0 Å². The molecule has 0 saturated carbocycles. The standard InChI is InChI=1S/C11H13NO3/c1-12-7-10(11(12)13)15-9-5-3-8(14-2)4-6-9/h3-6,10H,7H2,1-2H3. The van der Waals surface area contributed by atoms with E-state index in [-0.39, 0.29) is 12.0 Å². The second-order valence-electron chi connectivity index (χ2n) is 3.50. The van der Waals surface area contributed by atoms with E-state index in [1.165, 1.54) is 0 Å². The summed E-state index contributed by atoms with van der Waals surface area (Å²) in [5.41, 5.74) is 0. The van der Waals surface area contributed by atoms with E-state index in [2.05, 4.69) is 0 Å². The van der Waals surface area contributed by atoms with Gasteiger partial charge in [-0.05, 0) is 24.3 Å². The molecule has 1 atom stereocenters. The highest BCUT2D eigenvalue weighted by atomic mass is 16.5. The van der Waals surface area contributed by atoms with Crippen LogP contribution >= 0.6 is 0 Å². The van der Waals surface area contributed by atoms with E-state index < -0.39 is 0 Å². The summed E-state index contributed by atoms with van der Waals surface area (Å²) >= 11 is 0. The molecule has 0 bridgehead atoms. The summed E-state index contributed by atoms with van der Waals surface area (Å²) in [6.07, 6.45) is -0.316. The largest absolute Gasteiger partial charge is 0.497 e. The highest BCUT2D eigenvalue weighted by molar-refractivity contribution is 5.86. The van der Waals surface area contributed by atoms with Gasteiger partial charge >= 0.3 is 0 Å². The van der Waals surface area contributed by atoms with Crippen LogP contribution in [-0.2, 0) is 4.79 Å². The summed E-state index contributed by atoms with van der Waals surface area (Å²) in [7, 11) is 3.37. The summed E-state index contributed by atoms with van der Waals surface area (Å²) in [5.74, 6) is 1.51. The van der Waals surface area contributed by atoms with E-state index in [0.717, 1.165) is 5.75 Å². The predicted molar refractivity (Wildman–Crippen MR) is 55.0 cm³/mol. The number of amides is 1. The molecule has 1 aromatic rings. The molecule has 0 aromatic heterocycles. The van der Waals surface area contributed by atoms with Crippen LogP contribution < -0.4 is 9.47 Å². The highest BCUT2D eigenvalue weighted by Crippen LogP contribution is 2.21. The van der Waals surface area contributed by atoms with E-state index in [4.69, 9.17) is 9.47 Å². The van der Waals surface area contributed by atoms with Crippen LogP contribution in [0.2, 0.25) is 0 Å². The van der Waals surface area contributed by atoms with Crippen LogP contribution in [0.25, 0.3) is 0 Å². The molecule has 80 valence electrons. The number of β-lactam (4-membered cyclic amide) rings is 1. The molecule has 1 heterocycles. The minimum Gasteiger partial charge on any atom is -0.497 e. The predicted octanol–water partition coefficient (Wildman–Crippen LogP) is 0.915. The summed E-state index contributed by atoms with van der Waals surface area (Å²) in [5, 5.41) is 0. The zero-order chi connectivity index (χ0) is 10.8. The van der Waals surface area contributed by atoms with E-state index in [0.29, 0.717) is 12.3 Å². The number of ether oxygens (including phenoxy) is 2. The second-order valence-corrected chi connectivity index (χ2v) is 3.50. The van der Waals surface area contributed by atoms with E-state index in [1.54, 1.807) is 31.2 Å². The molecule has 1 aliphatic rings. The number of carbonyl (C=O) groups is 1. The molecule has 0 radical (unpaired) electrons. The summed E-state index contributed by atoms with van der Waals surface area (Å²) in [6, 6.07) is 7.21. The van der Waals surface area contributed by atoms with Gasteiger partial charge in [0.15, 0.2) is 6.10 Å². The van der Waals surface area contributed by atoms with Crippen LogP contribution in [0.3, 0.4) is 0 Å². The van der Waals surface area contributed by atoms with E-state index in [9.17, 15) is 4.79 Å². The van der Waals surface area contributed by atoms with Gasteiger partial charge in [-0.1, -0.05) is 0 Å². The average Bonchev–Trinajstić information content (AvgIpc) is 2.29. The van der Waals surface area contributed by atoms with Gasteiger partial charge in [0.1, 0.15) is 11.5 Å². The Morgan fingerprint density at radius 2 is 1.87 bits per heavy atom. The van der Waals surface area contributed by atoms with Crippen molar-refractivity contribution in [1.29, 1.82) is 0 Å². The van der Waals surface area contributed by atoms with Crippen molar-refractivity contribution in [3.63, 3.8) is 0 Å². The van der Waals surface area contributed by atoms with Crippen molar-refractivity contribution >= 4 is 5.91 Å². The average molecular weight is 207 g/mol. The highest BCUT2D eigenvalue weighted by Gasteiger charge is 2.35. The SMILES string of the molecule is COc1ccc(OC2CN(C)C2=O)cc1. The smallest absolute Gasteiger partial charge is 0.265 e. The van der Waals surface area contributed by atoms with Crippen LogP contribution in [0.5, 0.6) is 11.5 Å². The molecular weight excluding hydrogens is 194 g/mol. The molecule has 1 fully saturated rings. The topological polar surface area (TPSA) is 38.8 Å². The molecule has 1 saturated heterocycles. The van der Waals surface area contributed by atoms with Crippen LogP contribution in [0.4, 0.5) is 0 Å². The lowest BCUT2D eigenvalue weighted by Crippen LogP contribution is -2.56. The number of likely N-dealkylation sites (tertiary alicyclic amines) is 1. The normalized spacial score (nSPS) is 19.7. The van der Waals surface area contributed by atoms with Crippen molar-refractivity contribution in [2.75, 3.05) is 20.7 Å². The Morgan fingerprint density at radius 1 is 1.27 bits per heavy atom. The summed E-state index contributed by atoms with van der Waals surface area (Å²) in [4.78, 5) is 12.9. The Hall–Kier alpha value is -1.71. The van der Waals surface area contributed by atoms with Crippen LogP contribution in [0, 0.1) is 0 Å². The first kappa shape index (κ1) is 9.83. The third kappa shape index (κ3) is 1.88. The molecule has 0 spiro atoms. The molecule has 1 aliphatic heterocycles.